The Hall–Kier alpha value is -0.500. The zero-order valence-electron chi connectivity index (χ0n) is 14.3. The highest BCUT2D eigenvalue weighted by Gasteiger charge is 1.58. The molecule has 0 rings (SSSR count). The molecule has 0 aliphatic carbocycles. The normalized spacial score (nSPS) is 6.20. The minimum atomic E-state index is 0. The molecule has 0 heterocycles. The number of hydrogen-bond donors (Lipinski definition) is 6. The van der Waals surface area contributed by atoms with Gasteiger partial charge >= 0.3 is 0 Å². The second-order valence-corrected chi connectivity index (χ2v) is 2.89. The average molecular weight is 302 g/mol. The Morgan fingerprint density at radius 3 is 0.550 bits per heavy atom. The predicted molar refractivity (Wildman–Crippen MR) is 90.8 cm³/mol. The second kappa shape index (κ2) is 101. The Morgan fingerprint density at radius 2 is 0.550 bits per heavy atom. The van der Waals surface area contributed by atoms with E-state index in [1.54, 1.807) is 0 Å². The summed E-state index contributed by atoms with van der Waals surface area (Å²) in [5.74, 6) is 0. The Bertz CT molecular complexity index is 56.2. The maximum atomic E-state index is 7.88. The summed E-state index contributed by atoms with van der Waals surface area (Å²) in [6, 6.07) is 0. The summed E-state index contributed by atoms with van der Waals surface area (Å²) < 4.78 is 0. The SMILES string of the molecule is C=C.CCCO.CCCO.CCCO.CCCO.N.N. The lowest BCUT2D eigenvalue weighted by molar-refractivity contribution is 0.294. The molecule has 6 heteroatoms. The first-order chi connectivity index (χ1) is 8.66. The summed E-state index contributed by atoms with van der Waals surface area (Å²) in [6.07, 6.45) is 3.50. The summed E-state index contributed by atoms with van der Waals surface area (Å²) in [5, 5.41) is 31.5. The molecule has 0 aromatic rings. The molecule has 0 atom stereocenters. The molecule has 0 aliphatic rings. The van der Waals surface area contributed by atoms with E-state index in [0.717, 1.165) is 25.7 Å². The van der Waals surface area contributed by atoms with Gasteiger partial charge in [-0.2, -0.15) is 0 Å². The molecule has 0 aromatic heterocycles. The van der Waals surface area contributed by atoms with Crippen molar-refractivity contribution in [3.8, 4) is 0 Å². The molecule has 0 aromatic carbocycles. The van der Waals surface area contributed by atoms with E-state index in [0.29, 0.717) is 26.4 Å². The van der Waals surface area contributed by atoms with Gasteiger partial charge in [0.25, 0.3) is 0 Å². The molecule has 0 aliphatic heterocycles. The largest absolute Gasteiger partial charge is 0.396 e. The molecule has 0 unspecified atom stereocenters. The molecule has 0 saturated heterocycles. The van der Waals surface area contributed by atoms with E-state index < -0.39 is 0 Å². The summed E-state index contributed by atoms with van der Waals surface area (Å²) in [7, 11) is 0. The third kappa shape index (κ3) is 389. The smallest absolute Gasteiger partial charge is 0.0428 e. The van der Waals surface area contributed by atoms with Gasteiger partial charge in [-0.25, -0.2) is 0 Å². The quantitative estimate of drug-likeness (QED) is 0.439. The van der Waals surface area contributed by atoms with Crippen molar-refractivity contribution in [2.75, 3.05) is 26.4 Å². The molecular formula is C14H42N2O4. The van der Waals surface area contributed by atoms with Crippen LogP contribution in [-0.4, -0.2) is 46.9 Å². The third-order valence-electron chi connectivity index (χ3n) is 0.894. The van der Waals surface area contributed by atoms with Gasteiger partial charge in [0.1, 0.15) is 0 Å². The van der Waals surface area contributed by atoms with E-state index in [1.807, 2.05) is 27.7 Å². The molecule has 0 saturated carbocycles. The van der Waals surface area contributed by atoms with Crippen LogP contribution in [0.5, 0.6) is 0 Å². The van der Waals surface area contributed by atoms with Crippen molar-refractivity contribution in [3.63, 3.8) is 0 Å². The van der Waals surface area contributed by atoms with Crippen LogP contribution in [0.3, 0.4) is 0 Å². The van der Waals surface area contributed by atoms with Crippen LogP contribution in [0.4, 0.5) is 0 Å². The fraction of sp³-hybridized carbons (Fsp3) is 0.857. The number of aliphatic hydroxyl groups excluding tert-OH is 4. The second-order valence-electron chi connectivity index (χ2n) is 2.89. The van der Waals surface area contributed by atoms with Crippen molar-refractivity contribution in [2.45, 2.75) is 53.4 Å². The van der Waals surface area contributed by atoms with Gasteiger partial charge in [0.15, 0.2) is 0 Å². The number of aliphatic hydroxyl groups is 4. The van der Waals surface area contributed by atoms with E-state index in [-0.39, 0.29) is 12.3 Å². The van der Waals surface area contributed by atoms with Gasteiger partial charge in [-0.05, 0) is 25.7 Å². The highest BCUT2D eigenvalue weighted by molar-refractivity contribution is 4.22. The summed E-state index contributed by atoms with van der Waals surface area (Å²) in [6.45, 7) is 15.0. The molecule has 0 amide bonds. The van der Waals surface area contributed by atoms with E-state index in [1.165, 1.54) is 0 Å². The fourth-order valence-corrected chi connectivity index (χ4v) is 0. The van der Waals surface area contributed by atoms with Gasteiger partial charge in [0.05, 0.1) is 0 Å². The van der Waals surface area contributed by atoms with Crippen molar-refractivity contribution >= 4 is 0 Å². The standard InChI is InChI=1S/4C3H8O.C2H4.2H3N/c4*1-2-3-4;1-2;;/h4*4H,2-3H2,1H3;1-2H2;2*1H3. The molecule has 0 spiro atoms. The molecule has 0 fully saturated rings. The summed E-state index contributed by atoms with van der Waals surface area (Å²) >= 11 is 0. The lowest BCUT2D eigenvalue weighted by Gasteiger charge is -1.69. The first-order valence-electron chi connectivity index (χ1n) is 6.59. The maximum Gasteiger partial charge on any atom is 0.0428 e. The predicted octanol–water partition coefficient (Wildman–Crippen LogP) is 2.68. The van der Waals surface area contributed by atoms with E-state index in [9.17, 15) is 0 Å². The maximum absolute atomic E-state index is 7.88. The van der Waals surface area contributed by atoms with Crippen LogP contribution in [0.15, 0.2) is 13.2 Å². The van der Waals surface area contributed by atoms with Crippen molar-refractivity contribution in [1.82, 2.24) is 12.3 Å². The topological polar surface area (TPSA) is 151 Å². The van der Waals surface area contributed by atoms with Gasteiger partial charge < -0.3 is 32.7 Å². The fourth-order valence-electron chi connectivity index (χ4n) is 0. The summed E-state index contributed by atoms with van der Waals surface area (Å²) in [5.41, 5.74) is 0. The zero-order valence-corrected chi connectivity index (χ0v) is 14.3. The number of hydrogen-bond acceptors (Lipinski definition) is 6. The summed E-state index contributed by atoms with van der Waals surface area (Å²) in [4.78, 5) is 0. The van der Waals surface area contributed by atoms with Crippen LogP contribution in [0.1, 0.15) is 53.4 Å². The molecule has 132 valence electrons. The van der Waals surface area contributed by atoms with Crippen molar-refractivity contribution < 1.29 is 20.4 Å². The van der Waals surface area contributed by atoms with Crippen LogP contribution < -0.4 is 12.3 Å². The first-order valence-corrected chi connectivity index (χ1v) is 6.59. The van der Waals surface area contributed by atoms with Crippen molar-refractivity contribution in [1.29, 1.82) is 0 Å². The average Bonchev–Trinajstić information content (AvgIpc) is 2.49. The van der Waals surface area contributed by atoms with Crippen molar-refractivity contribution in [2.24, 2.45) is 0 Å². The minimum absolute atomic E-state index is 0. The monoisotopic (exact) mass is 302 g/mol. The van der Waals surface area contributed by atoms with Gasteiger partial charge in [0.2, 0.25) is 0 Å². The van der Waals surface area contributed by atoms with Gasteiger partial charge in [-0.3, -0.25) is 0 Å². The molecule has 0 bridgehead atoms. The third-order valence-corrected chi connectivity index (χ3v) is 0.894. The Balaban J connectivity index is -0.0000000209. The Kier molecular flexibility index (Phi) is 215. The minimum Gasteiger partial charge on any atom is -0.396 e. The molecule has 10 N–H and O–H groups in total. The van der Waals surface area contributed by atoms with E-state index in [4.69, 9.17) is 20.4 Å². The van der Waals surface area contributed by atoms with Crippen LogP contribution in [-0.2, 0) is 0 Å². The zero-order chi connectivity index (χ0) is 15.7. The molecule has 20 heavy (non-hydrogen) atoms. The molecule has 0 radical (unpaired) electrons. The van der Waals surface area contributed by atoms with E-state index in [2.05, 4.69) is 13.2 Å². The van der Waals surface area contributed by atoms with Gasteiger partial charge in [0, 0.05) is 26.4 Å². The Labute approximate surface area is 126 Å². The van der Waals surface area contributed by atoms with Crippen LogP contribution in [0.2, 0.25) is 0 Å². The van der Waals surface area contributed by atoms with Gasteiger partial charge in [-0.15, -0.1) is 13.2 Å². The highest BCUT2D eigenvalue weighted by Crippen LogP contribution is 1.62. The molecular weight excluding hydrogens is 260 g/mol. The van der Waals surface area contributed by atoms with Gasteiger partial charge in [-0.1, -0.05) is 27.7 Å². The van der Waals surface area contributed by atoms with Crippen molar-refractivity contribution in [3.05, 3.63) is 13.2 Å². The van der Waals surface area contributed by atoms with E-state index >= 15 is 0 Å². The number of rotatable bonds is 4. The van der Waals surface area contributed by atoms with Crippen LogP contribution in [0.25, 0.3) is 0 Å². The lowest BCUT2D eigenvalue weighted by Crippen LogP contribution is -1.69. The Morgan fingerprint density at radius 1 is 0.500 bits per heavy atom. The highest BCUT2D eigenvalue weighted by atomic mass is 16.3. The first kappa shape index (κ1) is 42.7. The molecule has 6 nitrogen and oxygen atoms in total. The van der Waals surface area contributed by atoms with Crippen LogP contribution >= 0.6 is 0 Å². The van der Waals surface area contributed by atoms with Crippen LogP contribution in [0, 0.1) is 0 Å². The lowest BCUT2D eigenvalue weighted by atomic mass is 10.5.